The second kappa shape index (κ2) is 9.27. The van der Waals surface area contributed by atoms with Crippen LogP contribution in [0.2, 0.25) is 5.02 Å². The molecule has 1 heterocycles. The van der Waals surface area contributed by atoms with E-state index in [-0.39, 0.29) is 23.8 Å². The number of benzene rings is 3. The number of rotatable bonds is 5. The average molecular weight is 461 g/mol. The first-order valence-corrected chi connectivity index (χ1v) is 10.6. The number of aryl methyl sites for hydroxylation is 1. The molecule has 0 radical (unpaired) electrons. The summed E-state index contributed by atoms with van der Waals surface area (Å²) in [7, 11) is 0. The second-order valence-electron chi connectivity index (χ2n) is 7.64. The molecule has 1 aliphatic rings. The van der Waals surface area contributed by atoms with E-state index in [1.807, 2.05) is 38.1 Å². The van der Waals surface area contributed by atoms with E-state index in [1.54, 1.807) is 36.4 Å². The van der Waals surface area contributed by atoms with Crippen LogP contribution in [-0.2, 0) is 4.79 Å². The highest BCUT2D eigenvalue weighted by atomic mass is 35.5. The van der Waals surface area contributed by atoms with Crippen LogP contribution in [0.15, 0.2) is 72.1 Å². The lowest BCUT2D eigenvalue weighted by atomic mass is 9.83. The number of allylic oxidation sites excluding steroid dienone is 1. The molecule has 0 spiro atoms. The highest BCUT2D eigenvalue weighted by Crippen LogP contribution is 2.43. The minimum Gasteiger partial charge on any atom is -0.482 e. The fraction of sp³-hybridized carbons (Fsp3) is 0.154. The van der Waals surface area contributed by atoms with Gasteiger partial charge in [0.05, 0.1) is 5.92 Å². The normalized spacial score (nSPS) is 14.7. The van der Waals surface area contributed by atoms with Crippen LogP contribution in [0.1, 0.15) is 28.2 Å². The van der Waals surface area contributed by atoms with Crippen LogP contribution < -0.4 is 19.9 Å². The van der Waals surface area contributed by atoms with Crippen molar-refractivity contribution in [3.8, 4) is 23.3 Å². The number of nitriles is 1. The van der Waals surface area contributed by atoms with E-state index in [2.05, 4.69) is 6.07 Å². The van der Waals surface area contributed by atoms with Gasteiger partial charge in [0.1, 0.15) is 28.9 Å². The Bertz CT molecular complexity index is 1310. The molecule has 7 heteroatoms. The lowest BCUT2D eigenvalue weighted by Crippen LogP contribution is -2.21. The molecule has 33 heavy (non-hydrogen) atoms. The number of carbonyl (C=O) groups excluding carboxylic acids is 1. The molecule has 0 amide bonds. The third-order valence-corrected chi connectivity index (χ3v) is 5.74. The maximum atomic E-state index is 12.4. The standard InChI is InChI=1S/C26H21ClN2O4/c1-15-5-3-8-22(16(15)2)31-14-24(30)32-19-9-10-20-23(12-19)33-26(29)21(13-28)25(20)17-6-4-7-18(27)11-17/h3-12,25H,14,29H2,1-2H3. The van der Waals surface area contributed by atoms with Crippen LogP contribution in [0.3, 0.4) is 0 Å². The van der Waals surface area contributed by atoms with Gasteiger partial charge in [-0.1, -0.05) is 41.9 Å². The molecule has 4 rings (SSSR count). The molecule has 166 valence electrons. The molecule has 0 saturated carbocycles. The van der Waals surface area contributed by atoms with Crippen LogP contribution in [0.25, 0.3) is 0 Å². The van der Waals surface area contributed by atoms with Crippen LogP contribution in [0.4, 0.5) is 0 Å². The molecule has 3 aromatic carbocycles. The van der Waals surface area contributed by atoms with Gasteiger partial charge >= 0.3 is 5.97 Å². The summed E-state index contributed by atoms with van der Waals surface area (Å²) in [6.45, 7) is 3.66. The Balaban J connectivity index is 1.55. The third-order valence-electron chi connectivity index (χ3n) is 5.50. The van der Waals surface area contributed by atoms with Crippen molar-refractivity contribution in [3.63, 3.8) is 0 Å². The fourth-order valence-electron chi connectivity index (χ4n) is 3.71. The molecule has 0 bridgehead atoms. The van der Waals surface area contributed by atoms with Gasteiger partial charge in [-0.05, 0) is 54.8 Å². The number of nitrogens with zero attached hydrogens (tertiary/aromatic N) is 1. The van der Waals surface area contributed by atoms with Crippen molar-refractivity contribution < 1.29 is 19.0 Å². The van der Waals surface area contributed by atoms with Gasteiger partial charge in [0.25, 0.3) is 0 Å². The number of hydrogen-bond donors (Lipinski definition) is 1. The van der Waals surface area contributed by atoms with Crippen molar-refractivity contribution in [2.75, 3.05) is 6.61 Å². The third kappa shape index (κ3) is 4.64. The summed E-state index contributed by atoms with van der Waals surface area (Å²) in [5.74, 6) is 0.302. The zero-order valence-corrected chi connectivity index (χ0v) is 18.8. The first-order chi connectivity index (χ1) is 15.9. The van der Waals surface area contributed by atoms with Crippen LogP contribution in [0, 0.1) is 25.2 Å². The number of fused-ring (bicyclic) bond motifs is 1. The van der Waals surface area contributed by atoms with Gasteiger partial charge < -0.3 is 19.9 Å². The molecule has 6 nitrogen and oxygen atoms in total. The molecular formula is C26H21ClN2O4. The summed E-state index contributed by atoms with van der Waals surface area (Å²) < 4.78 is 16.7. The summed E-state index contributed by atoms with van der Waals surface area (Å²) in [6.07, 6.45) is 0. The van der Waals surface area contributed by atoms with Crippen molar-refractivity contribution in [2.45, 2.75) is 19.8 Å². The summed E-state index contributed by atoms with van der Waals surface area (Å²) in [6, 6.07) is 20.0. The fourth-order valence-corrected chi connectivity index (χ4v) is 3.91. The van der Waals surface area contributed by atoms with Gasteiger partial charge in [0.2, 0.25) is 5.88 Å². The Morgan fingerprint density at radius 2 is 1.94 bits per heavy atom. The van der Waals surface area contributed by atoms with Crippen LogP contribution >= 0.6 is 11.6 Å². The maximum Gasteiger partial charge on any atom is 0.349 e. The Kier molecular flexibility index (Phi) is 6.25. The largest absolute Gasteiger partial charge is 0.482 e. The van der Waals surface area contributed by atoms with E-state index in [0.717, 1.165) is 22.3 Å². The van der Waals surface area contributed by atoms with E-state index >= 15 is 0 Å². The van der Waals surface area contributed by atoms with E-state index < -0.39 is 11.9 Å². The van der Waals surface area contributed by atoms with E-state index in [1.165, 1.54) is 0 Å². The molecule has 0 aliphatic carbocycles. The SMILES string of the molecule is Cc1cccc(OCC(=O)Oc2ccc3c(c2)OC(N)=C(C#N)C3c2cccc(Cl)c2)c1C. The summed E-state index contributed by atoms with van der Waals surface area (Å²) in [5.41, 5.74) is 9.88. The minimum absolute atomic E-state index is 0.00305. The van der Waals surface area contributed by atoms with Gasteiger partial charge in [-0.25, -0.2) is 4.79 Å². The first kappa shape index (κ1) is 22.3. The predicted octanol–water partition coefficient (Wildman–Crippen LogP) is 5.16. The highest BCUT2D eigenvalue weighted by Gasteiger charge is 2.31. The van der Waals surface area contributed by atoms with Crippen molar-refractivity contribution in [1.82, 2.24) is 0 Å². The summed E-state index contributed by atoms with van der Waals surface area (Å²) in [4.78, 5) is 12.4. The zero-order chi connectivity index (χ0) is 23.5. The average Bonchev–Trinajstić information content (AvgIpc) is 2.79. The lowest BCUT2D eigenvalue weighted by molar-refractivity contribution is -0.136. The van der Waals surface area contributed by atoms with Gasteiger partial charge in [-0.15, -0.1) is 0 Å². The Morgan fingerprint density at radius 3 is 2.70 bits per heavy atom. The number of carbonyl (C=O) groups is 1. The monoisotopic (exact) mass is 460 g/mol. The second-order valence-corrected chi connectivity index (χ2v) is 8.08. The first-order valence-electron chi connectivity index (χ1n) is 10.2. The molecule has 3 aromatic rings. The molecule has 1 aliphatic heterocycles. The minimum atomic E-state index is -0.556. The lowest BCUT2D eigenvalue weighted by Gasteiger charge is -2.26. The molecule has 0 saturated heterocycles. The zero-order valence-electron chi connectivity index (χ0n) is 18.1. The van der Waals surface area contributed by atoms with Gasteiger partial charge in [-0.3, -0.25) is 0 Å². The number of ether oxygens (including phenoxy) is 3. The van der Waals surface area contributed by atoms with Gasteiger partial charge in [0, 0.05) is 16.7 Å². The van der Waals surface area contributed by atoms with Crippen LogP contribution in [0.5, 0.6) is 17.2 Å². The molecule has 1 atom stereocenters. The topological polar surface area (TPSA) is 94.6 Å². The van der Waals surface area contributed by atoms with E-state index in [0.29, 0.717) is 16.5 Å². The van der Waals surface area contributed by atoms with E-state index in [4.69, 9.17) is 31.5 Å². The van der Waals surface area contributed by atoms with Gasteiger partial charge in [0.15, 0.2) is 6.61 Å². The Hall–Kier alpha value is -3.95. The smallest absolute Gasteiger partial charge is 0.349 e. The highest BCUT2D eigenvalue weighted by molar-refractivity contribution is 6.30. The Morgan fingerprint density at radius 1 is 1.15 bits per heavy atom. The molecule has 0 aromatic heterocycles. The molecule has 1 unspecified atom stereocenters. The van der Waals surface area contributed by atoms with Crippen LogP contribution in [-0.4, -0.2) is 12.6 Å². The van der Waals surface area contributed by atoms with Crippen molar-refractivity contribution in [3.05, 3.63) is 99.4 Å². The molecule has 0 fully saturated rings. The van der Waals surface area contributed by atoms with Crippen molar-refractivity contribution >= 4 is 17.6 Å². The van der Waals surface area contributed by atoms with E-state index in [9.17, 15) is 10.1 Å². The number of halogens is 1. The van der Waals surface area contributed by atoms with Crippen molar-refractivity contribution in [1.29, 1.82) is 5.26 Å². The summed E-state index contributed by atoms with van der Waals surface area (Å²) in [5, 5.41) is 10.2. The predicted molar refractivity (Wildman–Crippen MR) is 124 cm³/mol. The molecular weight excluding hydrogens is 440 g/mol. The molecule has 2 N–H and O–H groups in total. The summed E-state index contributed by atoms with van der Waals surface area (Å²) >= 11 is 6.16. The van der Waals surface area contributed by atoms with Gasteiger partial charge in [-0.2, -0.15) is 5.26 Å². The Labute approximate surface area is 196 Å². The maximum absolute atomic E-state index is 12.4. The van der Waals surface area contributed by atoms with Crippen molar-refractivity contribution in [2.24, 2.45) is 5.73 Å². The quantitative estimate of drug-likeness (QED) is 0.417. The number of hydrogen-bond acceptors (Lipinski definition) is 6. The number of nitrogens with two attached hydrogens (primary N) is 1. The number of esters is 1.